The van der Waals surface area contributed by atoms with Crippen molar-refractivity contribution < 1.29 is 19.4 Å². The van der Waals surface area contributed by atoms with Crippen LogP contribution in [0.15, 0.2) is 18.2 Å². The minimum atomic E-state index is -1.01. The molecule has 1 rings (SSSR count). The highest BCUT2D eigenvalue weighted by Crippen LogP contribution is 2.20. The summed E-state index contributed by atoms with van der Waals surface area (Å²) in [6.45, 7) is 2.14. The highest BCUT2D eigenvalue weighted by atomic mass is 16.5. The van der Waals surface area contributed by atoms with Gasteiger partial charge in [0.05, 0.1) is 6.61 Å². The van der Waals surface area contributed by atoms with E-state index < -0.39 is 5.97 Å². The number of aryl methyl sites for hydroxylation is 1. The van der Waals surface area contributed by atoms with E-state index in [0.29, 0.717) is 25.2 Å². The Morgan fingerprint density at radius 2 is 2.11 bits per heavy atom. The van der Waals surface area contributed by atoms with Gasteiger partial charge in [-0.1, -0.05) is 11.6 Å². The van der Waals surface area contributed by atoms with Gasteiger partial charge in [0.1, 0.15) is 11.3 Å². The zero-order valence-corrected chi connectivity index (χ0v) is 10.5. The predicted molar refractivity (Wildman–Crippen MR) is 66.9 cm³/mol. The molecule has 1 aromatic rings. The van der Waals surface area contributed by atoms with Crippen molar-refractivity contribution in [3.8, 4) is 5.75 Å². The van der Waals surface area contributed by atoms with Crippen LogP contribution in [-0.2, 0) is 4.79 Å². The number of rotatable bonds is 6. The van der Waals surface area contributed by atoms with Gasteiger partial charge in [0, 0.05) is 13.5 Å². The molecular formula is C13H17NO4. The van der Waals surface area contributed by atoms with E-state index in [4.69, 9.17) is 9.84 Å². The van der Waals surface area contributed by atoms with E-state index in [1.165, 1.54) is 0 Å². The number of nitrogens with one attached hydrogen (secondary N) is 1. The van der Waals surface area contributed by atoms with E-state index >= 15 is 0 Å². The second-order valence-electron chi connectivity index (χ2n) is 3.93. The van der Waals surface area contributed by atoms with Crippen LogP contribution in [0.3, 0.4) is 0 Å². The number of carbonyl (C=O) groups excluding carboxylic acids is 1. The molecule has 0 unspecified atom stereocenters. The predicted octanol–water partition coefficient (Wildman–Crippen LogP) is 1.60. The Hall–Kier alpha value is -2.04. The Kier molecular flexibility index (Phi) is 5.17. The number of hydrogen-bond acceptors (Lipinski definition) is 3. The highest BCUT2D eigenvalue weighted by Gasteiger charge is 2.11. The summed E-state index contributed by atoms with van der Waals surface area (Å²) in [4.78, 5) is 22.0. The molecule has 0 spiro atoms. The van der Waals surface area contributed by atoms with Crippen LogP contribution in [0.25, 0.3) is 0 Å². The fourth-order valence-corrected chi connectivity index (χ4v) is 1.48. The fourth-order valence-electron chi connectivity index (χ4n) is 1.48. The SMILES string of the molecule is CNC(=O)CCCOc1ccc(C)cc1C(=O)O. The van der Waals surface area contributed by atoms with E-state index in [9.17, 15) is 9.59 Å². The quantitative estimate of drug-likeness (QED) is 0.753. The van der Waals surface area contributed by atoms with Gasteiger partial charge in [-0.15, -0.1) is 0 Å². The third-order valence-electron chi connectivity index (χ3n) is 2.45. The number of benzene rings is 1. The molecule has 0 heterocycles. The van der Waals surface area contributed by atoms with E-state index in [-0.39, 0.29) is 11.5 Å². The Balaban J connectivity index is 2.56. The first-order valence-electron chi connectivity index (χ1n) is 5.72. The summed E-state index contributed by atoms with van der Waals surface area (Å²) in [5.41, 5.74) is 1.01. The molecule has 0 saturated carbocycles. The molecule has 18 heavy (non-hydrogen) atoms. The minimum Gasteiger partial charge on any atom is -0.493 e. The van der Waals surface area contributed by atoms with Gasteiger partial charge in [0.15, 0.2) is 0 Å². The van der Waals surface area contributed by atoms with Gasteiger partial charge >= 0.3 is 5.97 Å². The van der Waals surface area contributed by atoms with Gasteiger partial charge in [0.2, 0.25) is 5.91 Å². The summed E-state index contributed by atoms with van der Waals surface area (Å²) in [6, 6.07) is 5.00. The van der Waals surface area contributed by atoms with Gasteiger partial charge in [-0.05, 0) is 25.5 Å². The van der Waals surface area contributed by atoms with Gasteiger partial charge in [-0.3, -0.25) is 4.79 Å². The molecule has 0 bridgehead atoms. The van der Waals surface area contributed by atoms with Crippen LogP contribution in [0.2, 0.25) is 0 Å². The van der Waals surface area contributed by atoms with Crippen LogP contribution < -0.4 is 10.1 Å². The second kappa shape index (κ2) is 6.64. The van der Waals surface area contributed by atoms with Gasteiger partial charge in [0.25, 0.3) is 0 Å². The number of carbonyl (C=O) groups is 2. The van der Waals surface area contributed by atoms with E-state index in [1.54, 1.807) is 25.2 Å². The van der Waals surface area contributed by atoms with Crippen LogP contribution >= 0.6 is 0 Å². The molecule has 98 valence electrons. The summed E-state index contributed by atoms with van der Waals surface area (Å²) in [6.07, 6.45) is 0.914. The average Bonchev–Trinajstić information content (AvgIpc) is 2.35. The second-order valence-corrected chi connectivity index (χ2v) is 3.93. The monoisotopic (exact) mass is 251 g/mol. The first kappa shape index (κ1) is 14.0. The summed E-state index contributed by atoms with van der Waals surface area (Å²) in [5, 5.41) is 11.5. The Labute approximate surface area is 106 Å². The lowest BCUT2D eigenvalue weighted by Gasteiger charge is -2.09. The van der Waals surface area contributed by atoms with Crippen LogP contribution in [0.5, 0.6) is 5.75 Å². The number of aromatic carboxylic acids is 1. The van der Waals surface area contributed by atoms with Crippen LogP contribution in [0.1, 0.15) is 28.8 Å². The van der Waals surface area contributed by atoms with E-state index in [2.05, 4.69) is 5.32 Å². The lowest BCUT2D eigenvalue weighted by Crippen LogP contribution is -2.18. The maximum absolute atomic E-state index is 11.0. The maximum Gasteiger partial charge on any atom is 0.339 e. The van der Waals surface area contributed by atoms with Crippen molar-refractivity contribution in [1.29, 1.82) is 0 Å². The van der Waals surface area contributed by atoms with Crippen molar-refractivity contribution in [3.05, 3.63) is 29.3 Å². The lowest BCUT2D eigenvalue weighted by atomic mass is 10.1. The van der Waals surface area contributed by atoms with Crippen molar-refractivity contribution in [2.24, 2.45) is 0 Å². The molecule has 0 aromatic heterocycles. The van der Waals surface area contributed by atoms with Crippen LogP contribution in [-0.4, -0.2) is 30.6 Å². The summed E-state index contributed by atoms with van der Waals surface area (Å²) in [7, 11) is 1.58. The zero-order valence-electron chi connectivity index (χ0n) is 10.5. The zero-order chi connectivity index (χ0) is 13.5. The molecule has 1 aromatic carbocycles. The van der Waals surface area contributed by atoms with Crippen molar-refractivity contribution in [2.75, 3.05) is 13.7 Å². The number of ether oxygens (including phenoxy) is 1. The molecule has 0 aliphatic carbocycles. The number of carboxylic acids is 1. The normalized spacial score (nSPS) is 9.89. The summed E-state index contributed by atoms with van der Waals surface area (Å²) >= 11 is 0. The number of hydrogen-bond donors (Lipinski definition) is 2. The molecule has 0 aliphatic rings. The topological polar surface area (TPSA) is 75.6 Å². The summed E-state index contributed by atoms with van der Waals surface area (Å²) < 4.78 is 5.39. The fraction of sp³-hybridized carbons (Fsp3) is 0.385. The smallest absolute Gasteiger partial charge is 0.339 e. The van der Waals surface area contributed by atoms with Gasteiger partial charge in [-0.2, -0.15) is 0 Å². The van der Waals surface area contributed by atoms with Crippen molar-refractivity contribution in [2.45, 2.75) is 19.8 Å². The standard InChI is InChI=1S/C13H17NO4/c1-9-5-6-11(10(8-9)13(16)17)18-7-3-4-12(15)14-2/h5-6,8H,3-4,7H2,1-2H3,(H,14,15)(H,16,17). The van der Waals surface area contributed by atoms with Crippen molar-refractivity contribution >= 4 is 11.9 Å². The molecule has 1 amide bonds. The lowest BCUT2D eigenvalue weighted by molar-refractivity contribution is -0.120. The van der Waals surface area contributed by atoms with E-state index in [0.717, 1.165) is 5.56 Å². The third kappa shape index (κ3) is 4.08. The van der Waals surface area contributed by atoms with E-state index in [1.807, 2.05) is 6.92 Å². The van der Waals surface area contributed by atoms with Crippen molar-refractivity contribution in [1.82, 2.24) is 5.32 Å². The third-order valence-corrected chi connectivity index (χ3v) is 2.45. The first-order valence-corrected chi connectivity index (χ1v) is 5.72. The molecule has 5 nitrogen and oxygen atoms in total. The molecule has 0 atom stereocenters. The Morgan fingerprint density at radius 3 is 2.72 bits per heavy atom. The molecule has 0 fully saturated rings. The van der Waals surface area contributed by atoms with Crippen molar-refractivity contribution in [3.63, 3.8) is 0 Å². The molecule has 5 heteroatoms. The average molecular weight is 251 g/mol. The van der Waals surface area contributed by atoms with Gasteiger partial charge < -0.3 is 15.2 Å². The molecule has 0 saturated heterocycles. The molecule has 2 N–H and O–H groups in total. The highest BCUT2D eigenvalue weighted by molar-refractivity contribution is 5.91. The van der Waals surface area contributed by atoms with Gasteiger partial charge in [-0.25, -0.2) is 4.79 Å². The van der Waals surface area contributed by atoms with Crippen LogP contribution in [0, 0.1) is 6.92 Å². The minimum absolute atomic E-state index is 0.0547. The molecular weight excluding hydrogens is 234 g/mol. The number of carboxylic acid groups (broad SMARTS) is 1. The largest absolute Gasteiger partial charge is 0.493 e. The summed E-state index contributed by atoms with van der Waals surface area (Å²) in [5.74, 6) is -0.731. The molecule has 0 radical (unpaired) electrons. The van der Waals surface area contributed by atoms with Crippen LogP contribution in [0.4, 0.5) is 0 Å². The number of amides is 1. The first-order chi connectivity index (χ1) is 8.54. The Bertz CT molecular complexity index is 443. The maximum atomic E-state index is 11.0. The molecule has 0 aliphatic heterocycles. The Morgan fingerprint density at radius 1 is 1.39 bits per heavy atom.